The van der Waals surface area contributed by atoms with Gasteiger partial charge in [-0.3, -0.25) is 0 Å². The van der Waals surface area contributed by atoms with Gasteiger partial charge >= 0.3 is 6.18 Å². The smallest absolute Gasteiger partial charge is 0.416 e. The standard InChI is InChI=1S/C14H12F3NO2S/c1-19-11-4-3-8(5-12(11)20-2)10-6-9(14(15,16)17)7-13(21)18-10/h3-7H,1-2H3,(H,18,21). The van der Waals surface area contributed by atoms with Crippen molar-refractivity contribution in [2.24, 2.45) is 0 Å². The first kappa shape index (κ1) is 15.4. The van der Waals surface area contributed by atoms with Crippen LogP contribution in [0.15, 0.2) is 30.3 Å². The number of halogens is 3. The topological polar surface area (TPSA) is 34.2 Å². The molecule has 0 saturated carbocycles. The molecular formula is C14H12F3NO2S. The van der Waals surface area contributed by atoms with E-state index in [2.05, 4.69) is 4.98 Å². The lowest BCUT2D eigenvalue weighted by Crippen LogP contribution is -2.05. The minimum atomic E-state index is -4.45. The average molecular weight is 315 g/mol. The second kappa shape index (κ2) is 5.77. The molecule has 0 aliphatic carbocycles. The number of pyridine rings is 1. The number of H-pyrrole nitrogens is 1. The fourth-order valence-corrected chi connectivity index (χ4v) is 2.10. The molecular weight excluding hydrogens is 303 g/mol. The van der Waals surface area contributed by atoms with Crippen LogP contribution in [0.3, 0.4) is 0 Å². The number of aromatic nitrogens is 1. The molecule has 0 bridgehead atoms. The molecule has 0 aliphatic rings. The molecule has 112 valence electrons. The van der Waals surface area contributed by atoms with Crippen molar-refractivity contribution in [3.05, 3.63) is 40.5 Å². The third kappa shape index (κ3) is 3.36. The monoisotopic (exact) mass is 315 g/mol. The van der Waals surface area contributed by atoms with E-state index in [1.807, 2.05) is 0 Å². The second-order valence-electron chi connectivity index (χ2n) is 4.21. The Balaban J connectivity index is 2.57. The minimum absolute atomic E-state index is 0.00890. The predicted octanol–water partition coefficient (Wildman–Crippen LogP) is 4.45. The molecule has 1 aromatic carbocycles. The molecule has 0 radical (unpaired) electrons. The highest BCUT2D eigenvalue weighted by Crippen LogP contribution is 2.34. The van der Waals surface area contributed by atoms with E-state index in [-0.39, 0.29) is 10.3 Å². The highest BCUT2D eigenvalue weighted by molar-refractivity contribution is 7.71. The van der Waals surface area contributed by atoms with E-state index in [1.54, 1.807) is 18.2 Å². The maximum atomic E-state index is 12.8. The summed E-state index contributed by atoms with van der Waals surface area (Å²) in [4.78, 5) is 2.74. The molecule has 0 atom stereocenters. The van der Waals surface area contributed by atoms with Crippen molar-refractivity contribution in [1.82, 2.24) is 4.98 Å². The Morgan fingerprint density at radius 3 is 2.24 bits per heavy atom. The van der Waals surface area contributed by atoms with Crippen molar-refractivity contribution in [3.63, 3.8) is 0 Å². The van der Waals surface area contributed by atoms with Gasteiger partial charge in [0, 0.05) is 11.3 Å². The number of ether oxygens (including phenoxy) is 2. The van der Waals surface area contributed by atoms with Crippen LogP contribution in [0.25, 0.3) is 11.3 Å². The van der Waals surface area contributed by atoms with E-state index in [4.69, 9.17) is 21.7 Å². The molecule has 1 aromatic heterocycles. The van der Waals surface area contributed by atoms with E-state index >= 15 is 0 Å². The Morgan fingerprint density at radius 1 is 1.00 bits per heavy atom. The van der Waals surface area contributed by atoms with Crippen LogP contribution >= 0.6 is 12.2 Å². The molecule has 0 spiro atoms. The van der Waals surface area contributed by atoms with Gasteiger partial charge in [0.1, 0.15) is 4.64 Å². The first-order chi connectivity index (χ1) is 9.85. The zero-order chi connectivity index (χ0) is 15.6. The number of hydrogen-bond donors (Lipinski definition) is 1. The fraction of sp³-hybridized carbons (Fsp3) is 0.214. The van der Waals surface area contributed by atoms with E-state index < -0.39 is 11.7 Å². The zero-order valence-electron chi connectivity index (χ0n) is 11.2. The zero-order valence-corrected chi connectivity index (χ0v) is 12.1. The number of methoxy groups -OCH3 is 2. The summed E-state index contributed by atoms with van der Waals surface area (Å²) in [5, 5.41) is 0. The molecule has 7 heteroatoms. The summed E-state index contributed by atoms with van der Waals surface area (Å²) in [6, 6.07) is 6.73. The van der Waals surface area contributed by atoms with Crippen LogP contribution in [0.2, 0.25) is 0 Å². The van der Waals surface area contributed by atoms with Gasteiger partial charge in [-0.25, -0.2) is 0 Å². The Labute approximate surface area is 124 Å². The van der Waals surface area contributed by atoms with Crippen LogP contribution in [0.5, 0.6) is 11.5 Å². The van der Waals surface area contributed by atoms with Gasteiger partial charge < -0.3 is 14.5 Å². The fourth-order valence-electron chi connectivity index (χ4n) is 1.87. The number of alkyl halides is 3. The average Bonchev–Trinajstić information content (AvgIpc) is 2.45. The van der Waals surface area contributed by atoms with E-state index in [9.17, 15) is 13.2 Å². The molecule has 0 fully saturated rings. The van der Waals surface area contributed by atoms with Crippen LogP contribution < -0.4 is 9.47 Å². The number of rotatable bonds is 3. The van der Waals surface area contributed by atoms with Crippen molar-refractivity contribution in [3.8, 4) is 22.8 Å². The van der Waals surface area contributed by atoms with E-state index in [1.165, 1.54) is 14.2 Å². The quantitative estimate of drug-likeness (QED) is 0.850. The molecule has 0 saturated heterocycles. The van der Waals surface area contributed by atoms with Gasteiger partial charge in [0.25, 0.3) is 0 Å². The van der Waals surface area contributed by atoms with E-state index in [0.29, 0.717) is 17.1 Å². The Hall–Kier alpha value is -2.02. The minimum Gasteiger partial charge on any atom is -0.493 e. The van der Waals surface area contributed by atoms with Gasteiger partial charge in [0.2, 0.25) is 0 Å². The van der Waals surface area contributed by atoms with Crippen LogP contribution in [0.1, 0.15) is 5.56 Å². The number of benzene rings is 1. The van der Waals surface area contributed by atoms with E-state index in [0.717, 1.165) is 12.1 Å². The van der Waals surface area contributed by atoms with Gasteiger partial charge in [0.15, 0.2) is 11.5 Å². The van der Waals surface area contributed by atoms with Crippen molar-refractivity contribution in [1.29, 1.82) is 0 Å². The first-order valence-electron chi connectivity index (χ1n) is 5.89. The Morgan fingerprint density at radius 2 is 1.67 bits per heavy atom. The number of hydrogen-bond acceptors (Lipinski definition) is 3. The number of nitrogens with one attached hydrogen (secondary N) is 1. The molecule has 1 N–H and O–H groups in total. The summed E-state index contributed by atoms with van der Waals surface area (Å²) in [6.07, 6.45) is -4.45. The van der Waals surface area contributed by atoms with Crippen molar-refractivity contribution in [2.45, 2.75) is 6.18 Å². The van der Waals surface area contributed by atoms with Gasteiger partial charge in [0.05, 0.1) is 19.8 Å². The van der Waals surface area contributed by atoms with Gasteiger partial charge in [-0.05, 0) is 30.3 Å². The van der Waals surface area contributed by atoms with Crippen molar-refractivity contribution >= 4 is 12.2 Å². The largest absolute Gasteiger partial charge is 0.493 e. The van der Waals surface area contributed by atoms with Gasteiger partial charge in [-0.1, -0.05) is 12.2 Å². The lowest BCUT2D eigenvalue weighted by atomic mass is 10.1. The highest BCUT2D eigenvalue weighted by Gasteiger charge is 2.31. The maximum Gasteiger partial charge on any atom is 0.416 e. The summed E-state index contributed by atoms with van der Waals surface area (Å²) >= 11 is 4.85. The predicted molar refractivity (Wildman–Crippen MR) is 75.2 cm³/mol. The number of aromatic amines is 1. The summed E-state index contributed by atoms with van der Waals surface area (Å²) in [5.41, 5.74) is -0.0170. The normalized spacial score (nSPS) is 11.3. The van der Waals surface area contributed by atoms with Crippen LogP contribution in [-0.2, 0) is 6.18 Å². The molecule has 0 amide bonds. The van der Waals surface area contributed by atoms with Crippen LogP contribution in [0, 0.1) is 4.64 Å². The summed E-state index contributed by atoms with van der Waals surface area (Å²) in [5.74, 6) is 0.915. The SMILES string of the molecule is COc1ccc(-c2cc(C(F)(F)F)cc(=S)[nH]2)cc1OC. The maximum absolute atomic E-state index is 12.8. The molecule has 1 heterocycles. The van der Waals surface area contributed by atoms with Crippen LogP contribution in [-0.4, -0.2) is 19.2 Å². The van der Waals surface area contributed by atoms with Gasteiger partial charge in [-0.15, -0.1) is 0 Å². The molecule has 0 unspecified atom stereocenters. The Bertz CT molecular complexity index is 710. The second-order valence-corrected chi connectivity index (χ2v) is 4.65. The molecule has 2 aromatic rings. The van der Waals surface area contributed by atoms with Crippen molar-refractivity contribution < 1.29 is 22.6 Å². The third-order valence-corrected chi connectivity index (χ3v) is 3.09. The summed E-state index contributed by atoms with van der Waals surface area (Å²) < 4.78 is 48.7. The lowest BCUT2D eigenvalue weighted by Gasteiger charge is -2.12. The summed E-state index contributed by atoms with van der Waals surface area (Å²) in [7, 11) is 2.94. The molecule has 21 heavy (non-hydrogen) atoms. The molecule has 3 nitrogen and oxygen atoms in total. The third-order valence-electron chi connectivity index (χ3n) is 2.87. The highest BCUT2D eigenvalue weighted by atomic mass is 32.1. The molecule has 0 aliphatic heterocycles. The Kier molecular flexibility index (Phi) is 4.22. The summed E-state index contributed by atoms with van der Waals surface area (Å²) in [6.45, 7) is 0. The van der Waals surface area contributed by atoms with Gasteiger partial charge in [-0.2, -0.15) is 13.2 Å². The van der Waals surface area contributed by atoms with Crippen molar-refractivity contribution in [2.75, 3.05) is 14.2 Å². The van der Waals surface area contributed by atoms with Crippen LogP contribution in [0.4, 0.5) is 13.2 Å². The lowest BCUT2D eigenvalue weighted by molar-refractivity contribution is -0.137. The first-order valence-corrected chi connectivity index (χ1v) is 6.30. The molecule has 2 rings (SSSR count).